The van der Waals surface area contributed by atoms with E-state index >= 15 is 0 Å². The smallest absolute Gasteiger partial charge is 0.237 e. The molecular weight excluding hydrogens is 142 g/mol. The molecule has 4 heteroatoms. The van der Waals surface area contributed by atoms with E-state index in [2.05, 4.69) is 10.2 Å². The van der Waals surface area contributed by atoms with E-state index in [9.17, 15) is 4.79 Å². The molecule has 1 saturated heterocycles. The third-order valence-corrected chi connectivity index (χ3v) is 1.86. The molecule has 1 fully saturated rings. The molecule has 0 saturated carbocycles. The first kappa shape index (κ1) is 8.49. The zero-order chi connectivity index (χ0) is 8.27. The summed E-state index contributed by atoms with van der Waals surface area (Å²) in [6.45, 7) is 2.45. The molecule has 11 heavy (non-hydrogen) atoms. The molecule has 1 atom stereocenters. The van der Waals surface area contributed by atoms with E-state index < -0.39 is 0 Å². The standard InChI is InChI=1S/C7H14N3O/c1-10-4-2-3-9-6(5-10)7(8)11/h6H,2-5H2,1H3,(H2,8,11). The van der Waals surface area contributed by atoms with Crippen LogP contribution >= 0.6 is 0 Å². The van der Waals surface area contributed by atoms with Crippen molar-refractivity contribution in [2.45, 2.75) is 12.5 Å². The van der Waals surface area contributed by atoms with E-state index in [1.807, 2.05) is 7.05 Å². The monoisotopic (exact) mass is 156 g/mol. The number of carbonyl (C=O) groups excluding carboxylic acids is 1. The minimum atomic E-state index is -0.307. The summed E-state index contributed by atoms with van der Waals surface area (Å²) in [5, 5.41) is 4.16. The van der Waals surface area contributed by atoms with Gasteiger partial charge >= 0.3 is 0 Å². The normalized spacial score (nSPS) is 27.9. The maximum atomic E-state index is 10.8. The molecule has 2 N–H and O–H groups in total. The van der Waals surface area contributed by atoms with Crippen molar-refractivity contribution in [2.75, 3.05) is 26.7 Å². The van der Waals surface area contributed by atoms with Gasteiger partial charge in [-0.25, -0.2) is 5.32 Å². The number of likely N-dealkylation sites (N-methyl/N-ethyl adjacent to an activating group) is 1. The second-order valence-corrected chi connectivity index (χ2v) is 2.94. The SMILES string of the molecule is CN1CCC[N]C(C(N)=O)C1. The molecular formula is C7H14N3O. The van der Waals surface area contributed by atoms with Gasteiger partial charge in [-0.3, -0.25) is 4.79 Å². The predicted molar refractivity (Wildman–Crippen MR) is 42.1 cm³/mol. The summed E-state index contributed by atoms with van der Waals surface area (Å²) in [6.07, 6.45) is 1.03. The Morgan fingerprint density at radius 3 is 3.09 bits per heavy atom. The second-order valence-electron chi connectivity index (χ2n) is 2.94. The van der Waals surface area contributed by atoms with Crippen LogP contribution in [-0.4, -0.2) is 43.5 Å². The minimum absolute atomic E-state index is 0.289. The molecule has 1 radical (unpaired) electrons. The fourth-order valence-corrected chi connectivity index (χ4v) is 1.21. The van der Waals surface area contributed by atoms with Crippen LogP contribution in [0.4, 0.5) is 0 Å². The quantitative estimate of drug-likeness (QED) is 0.517. The fourth-order valence-electron chi connectivity index (χ4n) is 1.21. The van der Waals surface area contributed by atoms with Crippen molar-refractivity contribution in [1.82, 2.24) is 10.2 Å². The van der Waals surface area contributed by atoms with Crippen LogP contribution in [0.15, 0.2) is 0 Å². The van der Waals surface area contributed by atoms with Crippen LogP contribution < -0.4 is 11.1 Å². The first-order chi connectivity index (χ1) is 5.20. The molecule has 0 aromatic carbocycles. The van der Waals surface area contributed by atoms with Crippen LogP contribution in [0.5, 0.6) is 0 Å². The molecule has 0 aliphatic carbocycles. The number of rotatable bonds is 1. The summed E-state index contributed by atoms with van der Waals surface area (Å²) < 4.78 is 0. The highest BCUT2D eigenvalue weighted by molar-refractivity contribution is 5.80. The van der Waals surface area contributed by atoms with Gasteiger partial charge in [-0.15, -0.1) is 0 Å². The van der Waals surface area contributed by atoms with Crippen LogP contribution in [0.3, 0.4) is 0 Å². The highest BCUT2D eigenvalue weighted by Crippen LogP contribution is 1.98. The molecule has 0 aromatic rings. The fraction of sp³-hybridized carbons (Fsp3) is 0.857. The van der Waals surface area contributed by atoms with Crippen molar-refractivity contribution in [3.63, 3.8) is 0 Å². The van der Waals surface area contributed by atoms with Crippen molar-refractivity contribution in [3.05, 3.63) is 0 Å². The number of carbonyl (C=O) groups is 1. The van der Waals surface area contributed by atoms with Gasteiger partial charge in [0.15, 0.2) is 0 Å². The summed E-state index contributed by atoms with van der Waals surface area (Å²) in [5.74, 6) is -0.307. The van der Waals surface area contributed by atoms with Crippen LogP contribution in [0.25, 0.3) is 0 Å². The van der Waals surface area contributed by atoms with E-state index in [0.29, 0.717) is 6.54 Å². The number of nitrogens with zero attached hydrogens (tertiary/aromatic N) is 2. The summed E-state index contributed by atoms with van der Waals surface area (Å²) in [4.78, 5) is 12.8. The maximum Gasteiger partial charge on any atom is 0.237 e. The van der Waals surface area contributed by atoms with Gasteiger partial charge in [0.2, 0.25) is 5.91 Å². The molecule has 1 amide bonds. The summed E-state index contributed by atoms with van der Waals surface area (Å²) in [5.41, 5.74) is 5.14. The average molecular weight is 156 g/mol. The third kappa shape index (κ3) is 2.48. The van der Waals surface area contributed by atoms with Gasteiger partial charge in [0.05, 0.1) is 0 Å². The van der Waals surface area contributed by atoms with Crippen molar-refractivity contribution >= 4 is 5.91 Å². The largest absolute Gasteiger partial charge is 0.368 e. The first-order valence-corrected chi connectivity index (χ1v) is 3.84. The van der Waals surface area contributed by atoms with Gasteiger partial charge in [-0.1, -0.05) is 0 Å². The lowest BCUT2D eigenvalue weighted by Gasteiger charge is -2.15. The van der Waals surface area contributed by atoms with Gasteiger partial charge in [-0.2, -0.15) is 0 Å². The van der Waals surface area contributed by atoms with Crippen LogP contribution in [0, 0.1) is 0 Å². The van der Waals surface area contributed by atoms with Crippen molar-refractivity contribution in [2.24, 2.45) is 5.73 Å². The molecule has 1 unspecified atom stereocenters. The Hall–Kier alpha value is -0.610. The highest BCUT2D eigenvalue weighted by Gasteiger charge is 2.20. The molecule has 0 bridgehead atoms. The second kappa shape index (κ2) is 3.69. The van der Waals surface area contributed by atoms with Crippen LogP contribution in [0.1, 0.15) is 6.42 Å². The topological polar surface area (TPSA) is 60.4 Å². The molecule has 4 nitrogen and oxygen atoms in total. The van der Waals surface area contributed by atoms with E-state index in [1.165, 1.54) is 0 Å². The highest BCUT2D eigenvalue weighted by atomic mass is 16.1. The molecule has 1 aliphatic rings. The first-order valence-electron chi connectivity index (χ1n) is 3.84. The predicted octanol–water partition coefficient (Wildman–Crippen LogP) is -1.22. The number of primary amides is 1. The van der Waals surface area contributed by atoms with Gasteiger partial charge in [-0.05, 0) is 20.0 Å². The third-order valence-electron chi connectivity index (χ3n) is 1.86. The average Bonchev–Trinajstić information content (AvgIpc) is 2.13. The Balaban J connectivity index is 2.45. The van der Waals surface area contributed by atoms with E-state index in [4.69, 9.17) is 5.73 Å². The Morgan fingerprint density at radius 2 is 2.45 bits per heavy atom. The zero-order valence-corrected chi connectivity index (χ0v) is 6.79. The van der Waals surface area contributed by atoms with Gasteiger partial charge in [0.1, 0.15) is 6.04 Å². The van der Waals surface area contributed by atoms with Crippen LogP contribution in [-0.2, 0) is 4.79 Å². The van der Waals surface area contributed by atoms with Gasteiger partial charge < -0.3 is 10.6 Å². The zero-order valence-electron chi connectivity index (χ0n) is 6.79. The van der Waals surface area contributed by atoms with Crippen LogP contribution in [0.2, 0.25) is 0 Å². The summed E-state index contributed by atoms with van der Waals surface area (Å²) >= 11 is 0. The Labute approximate surface area is 66.7 Å². The van der Waals surface area contributed by atoms with Crippen molar-refractivity contribution in [1.29, 1.82) is 0 Å². The molecule has 63 valence electrons. The Kier molecular flexibility index (Phi) is 2.84. The van der Waals surface area contributed by atoms with E-state index in [0.717, 1.165) is 19.5 Å². The lowest BCUT2D eigenvalue weighted by Crippen LogP contribution is -2.42. The number of hydrogen-bond donors (Lipinski definition) is 1. The molecule has 1 heterocycles. The van der Waals surface area contributed by atoms with Gasteiger partial charge in [0, 0.05) is 13.1 Å². The Morgan fingerprint density at radius 1 is 1.73 bits per heavy atom. The maximum absolute atomic E-state index is 10.8. The number of hydrogen-bond acceptors (Lipinski definition) is 2. The molecule has 1 rings (SSSR count). The van der Waals surface area contributed by atoms with E-state index in [-0.39, 0.29) is 11.9 Å². The van der Waals surface area contributed by atoms with Crippen molar-refractivity contribution < 1.29 is 4.79 Å². The number of amides is 1. The van der Waals surface area contributed by atoms with Gasteiger partial charge in [0.25, 0.3) is 0 Å². The number of nitrogens with two attached hydrogens (primary N) is 1. The summed E-state index contributed by atoms with van der Waals surface area (Å²) in [7, 11) is 1.98. The lowest BCUT2D eigenvalue weighted by molar-refractivity contribution is -0.120. The molecule has 0 spiro atoms. The summed E-state index contributed by atoms with van der Waals surface area (Å²) in [6, 6.07) is -0.289. The lowest BCUT2D eigenvalue weighted by atomic mass is 10.3. The van der Waals surface area contributed by atoms with E-state index in [1.54, 1.807) is 0 Å². The van der Waals surface area contributed by atoms with Crippen molar-refractivity contribution in [3.8, 4) is 0 Å². The molecule has 0 aromatic heterocycles. The Bertz CT molecular complexity index is 149. The minimum Gasteiger partial charge on any atom is -0.368 e. The molecule has 1 aliphatic heterocycles.